The van der Waals surface area contributed by atoms with E-state index in [0.717, 1.165) is 32.4 Å². The molecule has 6 rings (SSSR count). The summed E-state index contributed by atoms with van der Waals surface area (Å²) in [5.41, 5.74) is 1.16. The summed E-state index contributed by atoms with van der Waals surface area (Å²) in [4.78, 5) is 14.8. The number of aliphatic hydroxyl groups is 1. The summed E-state index contributed by atoms with van der Waals surface area (Å²) < 4.78 is 39.4. The molecule has 4 fully saturated rings. The highest BCUT2D eigenvalue weighted by molar-refractivity contribution is 5.91. The van der Waals surface area contributed by atoms with Crippen LogP contribution in [0, 0.1) is 40.4 Å². The number of carbonyl (C=O) groups is 1. The number of carbonyl (C=O) groups excluding carboxylic acids is 1. The van der Waals surface area contributed by atoms with Crippen molar-refractivity contribution < 1.29 is 23.1 Å². The van der Waals surface area contributed by atoms with Crippen LogP contribution in [-0.2, 0) is 4.79 Å². The highest BCUT2D eigenvalue weighted by Gasteiger charge is 2.66. The number of hydrogen-bond donors (Lipinski definition) is 1. The number of hydrogen-bond acceptors (Lipinski definition) is 3. The number of benzene rings is 1. The number of allylic oxidation sites excluding steroid dienone is 1. The van der Waals surface area contributed by atoms with E-state index in [1.165, 1.54) is 35.6 Å². The summed E-state index contributed by atoms with van der Waals surface area (Å²) in [5, 5.41) is 11.7. The maximum absolute atomic E-state index is 13.1. The summed E-state index contributed by atoms with van der Waals surface area (Å²) in [6.45, 7) is 6.45. The minimum absolute atomic E-state index is 0.0769. The van der Waals surface area contributed by atoms with Gasteiger partial charge in [0.05, 0.1) is 0 Å². The predicted molar refractivity (Wildman–Crippen MR) is 142 cm³/mol. The smallest absolute Gasteiger partial charge is 0.377 e. The predicted octanol–water partition coefficient (Wildman–Crippen LogP) is 6.81. The number of anilines is 1. The standard InChI is InChI=1S/C32H38F3NO2/c1-29-13-11-24(37)19-22(29)7-10-25-27-12-14-31(38,15-16-32(33,34)35)30(27,2)20-26(28(25)29)21-5-8-23(9-6-21)36-17-3-4-18-36/h5-6,8-9,19,25-28,38H,3-4,7,10-14,17-18,20H2,1-2H3/t25-,26+,27-,28+,29-,30-,31+/m0/s1. The third kappa shape index (κ3) is 4.03. The lowest BCUT2D eigenvalue weighted by Crippen LogP contribution is -2.57. The molecule has 1 N–H and O–H groups in total. The number of rotatable bonds is 2. The molecule has 1 aliphatic heterocycles. The average Bonchev–Trinajstić information content (AvgIpc) is 3.50. The molecule has 0 amide bonds. The summed E-state index contributed by atoms with van der Waals surface area (Å²) >= 11 is 0. The SMILES string of the molecule is C[C@]12CCC(=O)C=C1CC[C@@H]1[C@@H]2[C@@H](c2ccc(N3CCCC3)cc2)C[C@@]2(C)[C@H]1CC[C@@]2(O)C#CC(F)(F)F. The minimum Gasteiger partial charge on any atom is -0.377 e. The molecule has 0 unspecified atom stereocenters. The van der Waals surface area contributed by atoms with Gasteiger partial charge in [-0.15, -0.1) is 0 Å². The molecule has 1 heterocycles. The van der Waals surface area contributed by atoms with Crippen molar-refractivity contribution in [2.24, 2.45) is 28.6 Å². The van der Waals surface area contributed by atoms with Crippen LogP contribution in [0.25, 0.3) is 0 Å². The zero-order chi connectivity index (χ0) is 26.9. The Morgan fingerprint density at radius 2 is 1.74 bits per heavy atom. The van der Waals surface area contributed by atoms with Gasteiger partial charge in [-0.2, -0.15) is 13.2 Å². The summed E-state index contributed by atoms with van der Waals surface area (Å²) in [6, 6.07) is 8.81. The zero-order valence-corrected chi connectivity index (χ0v) is 22.4. The summed E-state index contributed by atoms with van der Waals surface area (Å²) in [6.07, 6.45) is 4.37. The molecule has 1 aromatic rings. The van der Waals surface area contributed by atoms with Crippen molar-refractivity contribution in [1.29, 1.82) is 0 Å². The second-order valence-corrected chi connectivity index (χ2v) is 13.0. The Balaban J connectivity index is 1.44. The first-order chi connectivity index (χ1) is 17.9. The fourth-order valence-electron chi connectivity index (χ4n) is 9.36. The normalized spacial score (nSPS) is 40.5. The molecule has 3 saturated carbocycles. The molecule has 204 valence electrons. The van der Waals surface area contributed by atoms with Gasteiger partial charge in [-0.3, -0.25) is 4.79 Å². The van der Waals surface area contributed by atoms with E-state index in [1.54, 1.807) is 0 Å². The molecule has 38 heavy (non-hydrogen) atoms. The Hall–Kier alpha value is -2.26. The van der Waals surface area contributed by atoms with Gasteiger partial charge in [-0.25, -0.2) is 0 Å². The van der Waals surface area contributed by atoms with Crippen LogP contribution in [0.2, 0.25) is 0 Å². The van der Waals surface area contributed by atoms with Crippen molar-refractivity contribution in [3.8, 4) is 11.8 Å². The van der Waals surface area contributed by atoms with Crippen LogP contribution in [0.4, 0.5) is 18.9 Å². The molecule has 0 spiro atoms. The quantitative estimate of drug-likeness (QED) is 0.431. The van der Waals surface area contributed by atoms with Gasteiger partial charge in [0, 0.05) is 36.5 Å². The second-order valence-electron chi connectivity index (χ2n) is 13.0. The Labute approximate surface area is 223 Å². The molecule has 6 heteroatoms. The third-order valence-corrected chi connectivity index (χ3v) is 11.3. The van der Waals surface area contributed by atoms with E-state index in [9.17, 15) is 23.1 Å². The topological polar surface area (TPSA) is 40.5 Å². The minimum atomic E-state index is -4.63. The maximum atomic E-state index is 13.1. The Morgan fingerprint density at radius 1 is 1.03 bits per heavy atom. The van der Waals surface area contributed by atoms with E-state index in [4.69, 9.17) is 0 Å². The first-order valence-electron chi connectivity index (χ1n) is 14.4. The van der Waals surface area contributed by atoms with Crippen molar-refractivity contribution >= 4 is 11.5 Å². The van der Waals surface area contributed by atoms with Crippen LogP contribution in [-0.4, -0.2) is 35.8 Å². The monoisotopic (exact) mass is 525 g/mol. The third-order valence-electron chi connectivity index (χ3n) is 11.3. The molecule has 1 aromatic carbocycles. The lowest BCUT2D eigenvalue weighted by Gasteiger charge is -2.61. The van der Waals surface area contributed by atoms with E-state index in [2.05, 4.69) is 42.0 Å². The van der Waals surface area contributed by atoms with Crippen LogP contribution < -0.4 is 4.90 Å². The lowest BCUT2D eigenvalue weighted by atomic mass is 9.43. The number of halogens is 3. The molecule has 5 aliphatic rings. The van der Waals surface area contributed by atoms with Crippen molar-refractivity contribution in [2.45, 2.75) is 89.3 Å². The van der Waals surface area contributed by atoms with E-state index < -0.39 is 17.2 Å². The van der Waals surface area contributed by atoms with Crippen molar-refractivity contribution in [3.63, 3.8) is 0 Å². The molecule has 0 bridgehead atoms. The van der Waals surface area contributed by atoms with Gasteiger partial charge < -0.3 is 10.0 Å². The first kappa shape index (κ1) is 26.0. The molecule has 1 saturated heterocycles. The van der Waals surface area contributed by atoms with Gasteiger partial charge in [0.2, 0.25) is 0 Å². The van der Waals surface area contributed by atoms with Gasteiger partial charge in [-0.05, 0) is 104 Å². The average molecular weight is 526 g/mol. The Kier molecular flexibility index (Phi) is 6.07. The van der Waals surface area contributed by atoms with Crippen LogP contribution in [0.15, 0.2) is 35.9 Å². The molecule has 7 atom stereocenters. The second kappa shape index (κ2) is 8.88. The van der Waals surface area contributed by atoms with E-state index in [0.29, 0.717) is 19.3 Å². The fourth-order valence-corrected chi connectivity index (χ4v) is 9.36. The summed E-state index contributed by atoms with van der Waals surface area (Å²) in [5.74, 6) is 4.72. The van der Waals surface area contributed by atoms with Crippen LogP contribution in [0.1, 0.15) is 83.1 Å². The molecule has 4 aliphatic carbocycles. The zero-order valence-electron chi connectivity index (χ0n) is 22.4. The lowest BCUT2D eigenvalue weighted by molar-refractivity contribution is -0.122. The number of fused-ring (bicyclic) bond motifs is 5. The molecule has 3 nitrogen and oxygen atoms in total. The highest BCUT2D eigenvalue weighted by Crippen LogP contribution is 2.70. The number of ketones is 1. The van der Waals surface area contributed by atoms with Crippen LogP contribution >= 0.6 is 0 Å². The van der Waals surface area contributed by atoms with E-state index >= 15 is 0 Å². The summed E-state index contributed by atoms with van der Waals surface area (Å²) in [7, 11) is 0. The van der Waals surface area contributed by atoms with Gasteiger partial charge in [0.25, 0.3) is 0 Å². The molecule has 0 radical (unpaired) electrons. The number of alkyl halides is 3. The largest absolute Gasteiger partial charge is 0.457 e. The van der Waals surface area contributed by atoms with E-state index in [1.807, 2.05) is 13.0 Å². The maximum Gasteiger partial charge on any atom is 0.457 e. The van der Waals surface area contributed by atoms with Crippen LogP contribution in [0.5, 0.6) is 0 Å². The fraction of sp³-hybridized carbons (Fsp3) is 0.656. The van der Waals surface area contributed by atoms with E-state index in [-0.39, 0.29) is 41.3 Å². The van der Waals surface area contributed by atoms with Gasteiger partial charge in [0.1, 0.15) is 5.60 Å². The van der Waals surface area contributed by atoms with Crippen molar-refractivity contribution in [3.05, 3.63) is 41.5 Å². The van der Waals surface area contributed by atoms with Gasteiger partial charge in [-0.1, -0.05) is 37.5 Å². The van der Waals surface area contributed by atoms with Crippen molar-refractivity contribution in [1.82, 2.24) is 0 Å². The molecular weight excluding hydrogens is 487 g/mol. The number of nitrogens with zero attached hydrogens (tertiary/aromatic N) is 1. The molecule has 0 aromatic heterocycles. The first-order valence-corrected chi connectivity index (χ1v) is 14.4. The Morgan fingerprint density at radius 3 is 2.42 bits per heavy atom. The highest BCUT2D eigenvalue weighted by atomic mass is 19.4. The van der Waals surface area contributed by atoms with Crippen LogP contribution in [0.3, 0.4) is 0 Å². The van der Waals surface area contributed by atoms with Gasteiger partial charge >= 0.3 is 6.18 Å². The van der Waals surface area contributed by atoms with Crippen molar-refractivity contribution in [2.75, 3.05) is 18.0 Å². The van der Waals surface area contributed by atoms with Gasteiger partial charge in [0.15, 0.2) is 5.78 Å². The Bertz CT molecular complexity index is 1200. The molecular formula is C32H38F3NO2.